The van der Waals surface area contributed by atoms with Crippen LogP contribution in [0.25, 0.3) is 0 Å². The molecular formula is C4H13Al2O2. The van der Waals surface area contributed by atoms with Gasteiger partial charge in [0.15, 0.2) is 17.4 Å². The monoisotopic (exact) mass is 147 g/mol. The molecule has 47 valence electrons. The topological polar surface area (TPSA) is 40.7 Å². The van der Waals surface area contributed by atoms with Gasteiger partial charge < -0.3 is 9.26 Å². The minimum Gasteiger partial charge on any atom is -0.507 e. The zero-order valence-electron chi connectivity index (χ0n) is 4.31. The second-order valence-corrected chi connectivity index (χ2v) is 2.78. The SMILES string of the molecule is C1C[CH2][Al][O]C1.O.[AlH3]. The van der Waals surface area contributed by atoms with E-state index in [-0.39, 0.29) is 22.8 Å². The predicted molar refractivity (Wildman–Crippen MR) is 39.3 cm³/mol. The van der Waals surface area contributed by atoms with Gasteiger partial charge in [-0.05, 0) is 6.42 Å². The molecule has 0 aromatic heterocycles. The summed E-state index contributed by atoms with van der Waals surface area (Å²) in [4.78, 5) is 0. The van der Waals surface area contributed by atoms with Crippen LogP contribution in [0.15, 0.2) is 0 Å². The summed E-state index contributed by atoms with van der Waals surface area (Å²) in [5, 5.41) is 1.36. The lowest BCUT2D eigenvalue weighted by Gasteiger charge is -2.07. The normalized spacial score (nSPS) is 17.0. The first-order chi connectivity index (χ1) is 3.00. The first kappa shape index (κ1) is 11.7. The van der Waals surface area contributed by atoms with Crippen LogP contribution in [0.2, 0.25) is 5.28 Å². The largest absolute Gasteiger partial charge is 0.507 e. The summed E-state index contributed by atoms with van der Waals surface area (Å²) in [6.07, 6.45) is 2.71. The Balaban J connectivity index is 0. The van der Waals surface area contributed by atoms with E-state index in [0.717, 1.165) is 6.61 Å². The molecule has 0 amide bonds. The highest BCUT2D eigenvalue weighted by Crippen LogP contribution is 2.01. The van der Waals surface area contributed by atoms with Crippen molar-refractivity contribution in [2.75, 3.05) is 6.61 Å². The van der Waals surface area contributed by atoms with E-state index in [2.05, 4.69) is 0 Å². The molecule has 1 fully saturated rings. The third kappa shape index (κ3) is 5.13. The van der Waals surface area contributed by atoms with E-state index in [9.17, 15) is 0 Å². The van der Waals surface area contributed by atoms with E-state index in [1.165, 1.54) is 18.1 Å². The molecule has 0 aliphatic carbocycles. The van der Waals surface area contributed by atoms with E-state index >= 15 is 0 Å². The maximum Gasteiger partial charge on any atom is 0.423 e. The second-order valence-electron chi connectivity index (χ2n) is 1.53. The molecule has 1 heterocycles. The van der Waals surface area contributed by atoms with Crippen LogP contribution < -0.4 is 0 Å². The molecule has 1 aliphatic rings. The molecule has 0 spiro atoms. The van der Waals surface area contributed by atoms with E-state index in [0.29, 0.717) is 15.6 Å². The van der Waals surface area contributed by atoms with Crippen LogP contribution in [0.4, 0.5) is 0 Å². The molecule has 1 aliphatic heterocycles. The van der Waals surface area contributed by atoms with Gasteiger partial charge in [0, 0.05) is 6.61 Å². The minimum absolute atomic E-state index is 0. The van der Waals surface area contributed by atoms with Gasteiger partial charge in [0.1, 0.15) is 0 Å². The van der Waals surface area contributed by atoms with Gasteiger partial charge in [0.05, 0.1) is 0 Å². The molecule has 0 saturated carbocycles. The molecule has 0 aromatic carbocycles. The van der Waals surface area contributed by atoms with Crippen LogP contribution in [-0.4, -0.2) is 45.0 Å². The van der Waals surface area contributed by atoms with E-state index in [1.54, 1.807) is 0 Å². The molecule has 8 heavy (non-hydrogen) atoms. The van der Waals surface area contributed by atoms with Crippen LogP contribution in [-0.2, 0) is 3.79 Å². The fourth-order valence-electron chi connectivity index (χ4n) is 0.580. The summed E-state index contributed by atoms with van der Waals surface area (Å²) in [5.41, 5.74) is 0. The highest BCUT2D eigenvalue weighted by Gasteiger charge is 1.99. The lowest BCUT2D eigenvalue weighted by molar-refractivity contribution is 0.304. The Labute approximate surface area is 67.1 Å². The Hall–Kier alpha value is 0.985. The van der Waals surface area contributed by atoms with Gasteiger partial charge in [0.25, 0.3) is 0 Å². The molecule has 0 atom stereocenters. The Morgan fingerprint density at radius 3 is 2.12 bits per heavy atom. The lowest BCUT2D eigenvalue weighted by atomic mass is 10.4. The molecule has 0 unspecified atom stereocenters. The molecule has 0 bridgehead atoms. The van der Waals surface area contributed by atoms with Crippen LogP contribution in [0, 0.1) is 0 Å². The van der Waals surface area contributed by atoms with Gasteiger partial charge in [-0.15, -0.1) is 0 Å². The van der Waals surface area contributed by atoms with Crippen LogP contribution in [0.3, 0.4) is 0 Å². The quantitative estimate of drug-likeness (QED) is 0.398. The van der Waals surface area contributed by atoms with Gasteiger partial charge in [-0.1, -0.05) is 11.7 Å². The van der Waals surface area contributed by atoms with Gasteiger partial charge in [-0.25, -0.2) is 0 Å². The summed E-state index contributed by atoms with van der Waals surface area (Å²) < 4.78 is 5.15. The summed E-state index contributed by atoms with van der Waals surface area (Å²) in [7, 11) is 0. The second kappa shape index (κ2) is 7.98. The first-order valence-corrected chi connectivity index (χ1v) is 3.72. The van der Waals surface area contributed by atoms with Crippen molar-refractivity contribution < 1.29 is 9.26 Å². The molecule has 1 saturated heterocycles. The maximum atomic E-state index is 5.15. The van der Waals surface area contributed by atoms with Crippen LogP contribution in [0.5, 0.6) is 0 Å². The molecule has 0 aromatic rings. The maximum absolute atomic E-state index is 5.15. The average Bonchev–Trinajstić information content (AvgIpc) is 1.72. The fourth-order valence-corrected chi connectivity index (χ4v) is 1.54. The highest BCUT2D eigenvalue weighted by atomic mass is 27.1. The van der Waals surface area contributed by atoms with Gasteiger partial charge >= 0.3 is 15.6 Å². The first-order valence-electron chi connectivity index (χ1n) is 2.43. The smallest absolute Gasteiger partial charge is 0.423 e. The van der Waals surface area contributed by atoms with Crippen molar-refractivity contribution >= 4 is 32.9 Å². The Kier molecular flexibility index (Phi) is 11.7. The summed E-state index contributed by atoms with van der Waals surface area (Å²) >= 11 is 0.405. The summed E-state index contributed by atoms with van der Waals surface area (Å²) in [5.74, 6) is 0. The fraction of sp³-hybridized carbons (Fsp3) is 1.00. The average molecular weight is 147 g/mol. The number of rotatable bonds is 0. The van der Waals surface area contributed by atoms with Gasteiger partial charge in [-0.3, -0.25) is 0 Å². The van der Waals surface area contributed by atoms with Crippen molar-refractivity contribution in [1.29, 1.82) is 0 Å². The van der Waals surface area contributed by atoms with Crippen molar-refractivity contribution in [3.05, 3.63) is 0 Å². The van der Waals surface area contributed by atoms with Crippen molar-refractivity contribution in [2.24, 2.45) is 0 Å². The Morgan fingerprint density at radius 2 is 2.00 bits per heavy atom. The van der Waals surface area contributed by atoms with Crippen molar-refractivity contribution in [2.45, 2.75) is 18.1 Å². The number of hydrogen-bond acceptors (Lipinski definition) is 1. The standard InChI is InChI=1S/C4H8O.2Al.H2O.3H/c1-2-3-4-5;;;;;;/h1-4H2;;;1H2;;;/q-1;;+1;;;;. The van der Waals surface area contributed by atoms with Crippen molar-refractivity contribution in [1.82, 2.24) is 0 Å². The zero-order chi connectivity index (χ0) is 4.24. The summed E-state index contributed by atoms with van der Waals surface area (Å²) in [6, 6.07) is 0. The Morgan fingerprint density at radius 1 is 1.25 bits per heavy atom. The van der Waals surface area contributed by atoms with E-state index in [4.69, 9.17) is 3.79 Å². The van der Waals surface area contributed by atoms with Crippen LogP contribution in [0.1, 0.15) is 12.8 Å². The predicted octanol–water partition coefficient (Wildman–Crippen LogP) is -1.17. The van der Waals surface area contributed by atoms with Crippen molar-refractivity contribution in [3.63, 3.8) is 0 Å². The molecule has 1 radical (unpaired) electrons. The molecule has 2 N–H and O–H groups in total. The zero-order valence-corrected chi connectivity index (χ0v) is 5.47. The van der Waals surface area contributed by atoms with E-state index in [1.807, 2.05) is 0 Å². The molecule has 1 rings (SSSR count). The molecule has 2 nitrogen and oxygen atoms in total. The van der Waals surface area contributed by atoms with Crippen LogP contribution >= 0.6 is 0 Å². The Bertz CT molecular complexity index is 27.5. The highest BCUT2D eigenvalue weighted by molar-refractivity contribution is 6.27. The van der Waals surface area contributed by atoms with Gasteiger partial charge in [-0.2, -0.15) is 0 Å². The summed E-state index contributed by atoms with van der Waals surface area (Å²) in [6.45, 7) is 1.04. The third-order valence-electron chi connectivity index (χ3n) is 0.952. The lowest BCUT2D eigenvalue weighted by Crippen LogP contribution is -2.06. The number of hydrogen-bond donors (Lipinski definition) is 0. The van der Waals surface area contributed by atoms with E-state index < -0.39 is 0 Å². The third-order valence-corrected chi connectivity index (χ3v) is 2.07. The van der Waals surface area contributed by atoms with Crippen molar-refractivity contribution in [3.8, 4) is 0 Å². The molecule has 4 heteroatoms. The van der Waals surface area contributed by atoms with Gasteiger partial charge in [0.2, 0.25) is 0 Å². The molecular weight excluding hydrogens is 134 g/mol. The minimum atomic E-state index is 0.